The highest BCUT2D eigenvalue weighted by molar-refractivity contribution is 6.33. The predicted molar refractivity (Wildman–Crippen MR) is 104 cm³/mol. The zero-order valence-corrected chi connectivity index (χ0v) is 16.8. The molecule has 160 valence electrons. The Balaban J connectivity index is 2.05. The molecule has 1 fully saturated rings. The molecule has 2 aromatic carbocycles. The number of cyclic esters (lactones) is 2. The van der Waals surface area contributed by atoms with Crippen molar-refractivity contribution in [2.24, 2.45) is 0 Å². The standard InChI is InChI=1S/C20H13ClFNO8/c1-20(2)30-17(24)12(18(25)31-20)9-10-8-11(23(27)28)6-7-15(10)29-19(26)16-13(21)4-3-5-14(16)22/h3-9H,1-2H3. The lowest BCUT2D eigenvalue weighted by atomic mass is 10.1. The Labute approximate surface area is 179 Å². The molecule has 1 saturated heterocycles. The van der Waals surface area contributed by atoms with E-state index in [4.69, 9.17) is 25.8 Å². The lowest BCUT2D eigenvalue weighted by Gasteiger charge is -2.29. The molecule has 0 atom stereocenters. The van der Waals surface area contributed by atoms with Crippen molar-refractivity contribution in [2.45, 2.75) is 19.6 Å². The van der Waals surface area contributed by atoms with Crippen LogP contribution in [0.15, 0.2) is 42.0 Å². The van der Waals surface area contributed by atoms with E-state index in [9.17, 15) is 28.9 Å². The highest BCUT2D eigenvalue weighted by Gasteiger charge is 2.39. The Morgan fingerprint density at radius 3 is 2.42 bits per heavy atom. The molecule has 0 bridgehead atoms. The van der Waals surface area contributed by atoms with Crippen molar-refractivity contribution in [2.75, 3.05) is 0 Å². The Morgan fingerprint density at radius 2 is 1.84 bits per heavy atom. The number of non-ortho nitro benzene ring substituents is 1. The van der Waals surface area contributed by atoms with Gasteiger partial charge < -0.3 is 14.2 Å². The van der Waals surface area contributed by atoms with Gasteiger partial charge in [0, 0.05) is 31.5 Å². The Kier molecular flexibility index (Phi) is 5.76. The third-order valence-corrected chi connectivity index (χ3v) is 4.31. The zero-order valence-electron chi connectivity index (χ0n) is 16.0. The molecule has 0 unspecified atom stereocenters. The first-order chi connectivity index (χ1) is 14.5. The fourth-order valence-electron chi connectivity index (χ4n) is 2.63. The van der Waals surface area contributed by atoms with Crippen LogP contribution < -0.4 is 4.74 Å². The van der Waals surface area contributed by atoms with Crippen molar-refractivity contribution in [3.05, 3.63) is 74.1 Å². The summed E-state index contributed by atoms with van der Waals surface area (Å²) in [5.41, 5.74) is -1.76. The molecule has 0 saturated carbocycles. The van der Waals surface area contributed by atoms with E-state index in [1.54, 1.807) is 0 Å². The SMILES string of the molecule is CC1(C)OC(=O)C(=Cc2cc([N+](=O)[O-])ccc2OC(=O)c2c(F)cccc2Cl)C(=O)O1. The summed E-state index contributed by atoms with van der Waals surface area (Å²) < 4.78 is 29.1. The van der Waals surface area contributed by atoms with Crippen molar-refractivity contribution in [3.8, 4) is 5.75 Å². The van der Waals surface area contributed by atoms with Crippen LogP contribution in [0.25, 0.3) is 6.08 Å². The largest absolute Gasteiger partial charge is 0.422 e. The van der Waals surface area contributed by atoms with Crippen LogP contribution in [0.1, 0.15) is 29.8 Å². The van der Waals surface area contributed by atoms with Gasteiger partial charge in [0.2, 0.25) is 0 Å². The molecular weight excluding hydrogens is 437 g/mol. The summed E-state index contributed by atoms with van der Waals surface area (Å²) in [7, 11) is 0. The normalized spacial score (nSPS) is 15.0. The van der Waals surface area contributed by atoms with Crippen molar-refractivity contribution in [1.29, 1.82) is 0 Å². The number of hydrogen-bond acceptors (Lipinski definition) is 8. The predicted octanol–water partition coefficient (Wildman–Crippen LogP) is 3.83. The summed E-state index contributed by atoms with van der Waals surface area (Å²) in [6.45, 7) is 2.69. The number of esters is 3. The second-order valence-corrected chi connectivity index (χ2v) is 7.11. The van der Waals surface area contributed by atoms with Crippen molar-refractivity contribution in [1.82, 2.24) is 0 Å². The second-order valence-electron chi connectivity index (χ2n) is 6.70. The third-order valence-electron chi connectivity index (χ3n) is 3.99. The minimum absolute atomic E-state index is 0.196. The van der Waals surface area contributed by atoms with E-state index >= 15 is 0 Å². The van der Waals surface area contributed by atoms with Gasteiger partial charge in [-0.1, -0.05) is 17.7 Å². The maximum Gasteiger partial charge on any atom is 0.348 e. The molecule has 1 aliphatic heterocycles. The van der Waals surface area contributed by atoms with Crippen LogP contribution in [0, 0.1) is 15.9 Å². The number of carbonyl (C=O) groups excluding carboxylic acids is 3. The van der Waals surface area contributed by atoms with E-state index in [1.807, 2.05) is 0 Å². The average Bonchev–Trinajstić information content (AvgIpc) is 2.64. The molecule has 0 N–H and O–H groups in total. The van der Waals surface area contributed by atoms with Gasteiger partial charge in [0.05, 0.1) is 9.95 Å². The lowest BCUT2D eigenvalue weighted by Crippen LogP contribution is -2.41. The third kappa shape index (κ3) is 4.69. The minimum Gasteiger partial charge on any atom is -0.422 e. The molecule has 0 aromatic heterocycles. The fraction of sp³-hybridized carbons (Fsp3) is 0.150. The molecule has 0 amide bonds. The molecule has 11 heteroatoms. The molecule has 1 heterocycles. The van der Waals surface area contributed by atoms with Crippen molar-refractivity contribution in [3.63, 3.8) is 0 Å². The van der Waals surface area contributed by atoms with Gasteiger partial charge in [-0.15, -0.1) is 0 Å². The van der Waals surface area contributed by atoms with E-state index in [1.165, 1.54) is 26.0 Å². The highest BCUT2D eigenvalue weighted by atomic mass is 35.5. The summed E-state index contributed by atoms with van der Waals surface area (Å²) in [6, 6.07) is 6.60. The number of nitrogens with zero attached hydrogens (tertiary/aromatic N) is 1. The molecule has 0 aliphatic carbocycles. The number of carbonyl (C=O) groups is 3. The highest BCUT2D eigenvalue weighted by Crippen LogP contribution is 2.31. The molecule has 9 nitrogen and oxygen atoms in total. The van der Waals surface area contributed by atoms with E-state index in [-0.39, 0.29) is 16.3 Å². The molecule has 31 heavy (non-hydrogen) atoms. The number of hydrogen-bond donors (Lipinski definition) is 0. The summed E-state index contributed by atoms with van der Waals surface area (Å²) in [5.74, 6) is -6.00. The number of rotatable bonds is 4. The molecular formula is C20H13ClFNO8. The van der Waals surface area contributed by atoms with Crippen LogP contribution in [-0.2, 0) is 19.1 Å². The average molecular weight is 450 g/mol. The van der Waals surface area contributed by atoms with Crippen molar-refractivity contribution < 1.29 is 37.9 Å². The first kappa shape index (κ1) is 21.9. The quantitative estimate of drug-likeness (QED) is 0.172. The Bertz CT molecular complexity index is 1120. The Hall–Kier alpha value is -3.79. The molecule has 2 aromatic rings. The maximum atomic E-state index is 14.0. The molecule has 0 spiro atoms. The van der Waals surface area contributed by atoms with E-state index in [2.05, 4.69) is 0 Å². The smallest absolute Gasteiger partial charge is 0.348 e. The van der Waals surface area contributed by atoms with Crippen LogP contribution in [0.3, 0.4) is 0 Å². The van der Waals surface area contributed by atoms with E-state index in [0.29, 0.717) is 0 Å². The van der Waals surface area contributed by atoms with Crippen LogP contribution in [0.5, 0.6) is 5.75 Å². The topological polar surface area (TPSA) is 122 Å². The molecule has 0 radical (unpaired) electrons. The second kappa shape index (κ2) is 8.15. The number of nitro groups is 1. The summed E-state index contributed by atoms with van der Waals surface area (Å²) in [5, 5.41) is 10.9. The van der Waals surface area contributed by atoms with Crippen LogP contribution in [0.2, 0.25) is 5.02 Å². The molecule has 3 rings (SSSR count). The van der Waals surface area contributed by atoms with Crippen LogP contribution in [-0.4, -0.2) is 28.6 Å². The van der Waals surface area contributed by atoms with Gasteiger partial charge in [0.1, 0.15) is 22.7 Å². The Morgan fingerprint density at radius 1 is 1.19 bits per heavy atom. The maximum absolute atomic E-state index is 14.0. The zero-order chi connectivity index (χ0) is 22.9. The molecule has 1 aliphatic rings. The van der Waals surface area contributed by atoms with Gasteiger partial charge in [-0.2, -0.15) is 0 Å². The van der Waals surface area contributed by atoms with E-state index in [0.717, 1.165) is 30.3 Å². The number of halogens is 2. The van der Waals surface area contributed by atoms with E-state index < -0.39 is 51.3 Å². The fourth-order valence-corrected chi connectivity index (χ4v) is 2.87. The minimum atomic E-state index is -1.49. The van der Waals surface area contributed by atoms with Gasteiger partial charge in [0.25, 0.3) is 11.5 Å². The first-order valence-electron chi connectivity index (χ1n) is 8.61. The van der Waals surface area contributed by atoms with Gasteiger partial charge in [-0.3, -0.25) is 10.1 Å². The van der Waals surface area contributed by atoms with Gasteiger partial charge in [-0.25, -0.2) is 18.8 Å². The van der Waals surface area contributed by atoms with Gasteiger partial charge in [-0.05, 0) is 24.3 Å². The lowest BCUT2D eigenvalue weighted by molar-refractivity contribution is -0.384. The summed E-state index contributed by atoms with van der Waals surface area (Å²) in [6.07, 6.45) is 0.915. The summed E-state index contributed by atoms with van der Waals surface area (Å²) >= 11 is 5.85. The number of nitro benzene ring substituents is 1. The monoisotopic (exact) mass is 449 g/mol. The van der Waals surface area contributed by atoms with Gasteiger partial charge in [0.15, 0.2) is 0 Å². The first-order valence-corrected chi connectivity index (χ1v) is 8.99. The number of ether oxygens (including phenoxy) is 3. The van der Waals surface area contributed by atoms with Crippen LogP contribution >= 0.6 is 11.6 Å². The summed E-state index contributed by atoms with van der Waals surface area (Å²) in [4.78, 5) is 47.2. The van der Waals surface area contributed by atoms with Gasteiger partial charge >= 0.3 is 17.9 Å². The van der Waals surface area contributed by atoms with Crippen LogP contribution in [0.4, 0.5) is 10.1 Å². The van der Waals surface area contributed by atoms with Crippen molar-refractivity contribution >= 4 is 41.3 Å². The number of benzene rings is 2.